The highest BCUT2D eigenvalue weighted by Crippen LogP contribution is 2.46. The number of nitrogens with zero attached hydrogens (tertiary/aromatic N) is 2. The van der Waals surface area contributed by atoms with Gasteiger partial charge >= 0.3 is 19.4 Å². The van der Waals surface area contributed by atoms with E-state index in [1.54, 1.807) is 0 Å². The van der Waals surface area contributed by atoms with Crippen molar-refractivity contribution >= 4 is 19.5 Å². The van der Waals surface area contributed by atoms with Gasteiger partial charge in [-0.2, -0.15) is 10.1 Å². The average molecular weight is 553 g/mol. The summed E-state index contributed by atoms with van der Waals surface area (Å²) in [5.74, 6) is -0.936. The second kappa shape index (κ2) is 12.4. The second-order valence-electron chi connectivity index (χ2n) is 9.79. The zero-order chi connectivity index (χ0) is 27.3. The van der Waals surface area contributed by atoms with Crippen LogP contribution in [0.4, 0.5) is 10.2 Å². The molecule has 2 aromatic rings. The molecule has 208 valence electrons. The first-order valence-electron chi connectivity index (χ1n) is 12.8. The maximum Gasteiger partial charge on any atom is 0.459 e. The Kier molecular flexibility index (Phi) is 9.19. The molecule has 1 aliphatic carbocycles. The van der Waals surface area contributed by atoms with Gasteiger partial charge in [-0.1, -0.05) is 13.3 Å². The molecular formula is C25H34FN4O7P. The van der Waals surface area contributed by atoms with E-state index in [2.05, 4.69) is 10.1 Å². The summed E-state index contributed by atoms with van der Waals surface area (Å²) in [5.41, 5.74) is 5.04. The highest BCUT2D eigenvalue weighted by Gasteiger charge is 2.38. The van der Waals surface area contributed by atoms with E-state index in [9.17, 15) is 18.5 Å². The first-order chi connectivity index (χ1) is 18.1. The number of carbonyl (C=O) groups excluding carboxylic acids is 1. The number of benzene rings is 1. The normalized spacial score (nSPS) is 24.4. The van der Waals surface area contributed by atoms with Gasteiger partial charge in [0.05, 0.1) is 12.7 Å². The van der Waals surface area contributed by atoms with Crippen molar-refractivity contribution in [3.05, 3.63) is 52.8 Å². The van der Waals surface area contributed by atoms with Crippen LogP contribution in [0, 0.1) is 11.7 Å². The first kappa shape index (κ1) is 28.2. The van der Waals surface area contributed by atoms with E-state index in [-0.39, 0.29) is 30.2 Å². The Morgan fingerprint density at radius 3 is 2.66 bits per heavy atom. The fraction of sp³-hybridized carbons (Fsp3) is 0.560. The third kappa shape index (κ3) is 7.41. The fourth-order valence-corrected chi connectivity index (χ4v) is 6.15. The van der Waals surface area contributed by atoms with Gasteiger partial charge in [-0.25, -0.2) is 13.8 Å². The number of rotatable bonds is 10. The van der Waals surface area contributed by atoms with Crippen LogP contribution in [0.15, 0.2) is 41.3 Å². The summed E-state index contributed by atoms with van der Waals surface area (Å²) >= 11 is 0. The van der Waals surface area contributed by atoms with E-state index in [1.165, 1.54) is 35.9 Å². The third-order valence-electron chi connectivity index (χ3n) is 6.59. The molecule has 5 atom stereocenters. The molecule has 3 N–H and O–H groups in total. The van der Waals surface area contributed by atoms with E-state index < -0.39 is 43.6 Å². The molecule has 0 radical (unpaired) electrons. The number of nitrogen functional groups attached to an aromatic ring is 1. The standard InChI is InChI=1S/C25H34FN4O7P/c1-16-14-21(35-23(16)30-13-12-22(27)28-25(30)32)15-34-38(33,37-20-10-8-18(26)9-11-20)29-17(2)24(31)36-19-6-4-3-5-7-19/h8-13,16-17,19,21,23H,3-7,14-15H2,1-2H3,(H,29,33)(H2,27,28,32). The van der Waals surface area contributed by atoms with Gasteiger partial charge in [-0.3, -0.25) is 13.9 Å². The molecule has 1 aromatic carbocycles. The van der Waals surface area contributed by atoms with Crippen LogP contribution in [0.2, 0.25) is 0 Å². The van der Waals surface area contributed by atoms with Crippen molar-refractivity contribution < 1.29 is 32.3 Å². The average Bonchev–Trinajstić information content (AvgIpc) is 3.25. The number of hydrogen-bond donors (Lipinski definition) is 2. The molecule has 1 saturated heterocycles. The number of anilines is 1. The van der Waals surface area contributed by atoms with Crippen molar-refractivity contribution in [2.24, 2.45) is 5.92 Å². The summed E-state index contributed by atoms with van der Waals surface area (Å²) in [4.78, 5) is 28.7. The van der Waals surface area contributed by atoms with E-state index in [0.717, 1.165) is 44.2 Å². The Morgan fingerprint density at radius 1 is 1.26 bits per heavy atom. The molecule has 2 aliphatic rings. The van der Waals surface area contributed by atoms with Crippen LogP contribution in [0.1, 0.15) is 58.6 Å². The zero-order valence-electron chi connectivity index (χ0n) is 21.5. The van der Waals surface area contributed by atoms with Crippen molar-refractivity contribution in [2.75, 3.05) is 12.3 Å². The lowest BCUT2D eigenvalue weighted by molar-refractivity contribution is -0.152. The van der Waals surface area contributed by atoms with Gasteiger partial charge in [0.25, 0.3) is 0 Å². The fourth-order valence-electron chi connectivity index (χ4n) is 4.63. The molecule has 1 saturated carbocycles. The van der Waals surface area contributed by atoms with Crippen molar-refractivity contribution in [2.45, 2.75) is 76.9 Å². The minimum absolute atomic E-state index is 0.0820. The van der Waals surface area contributed by atoms with Crippen LogP contribution in [0.3, 0.4) is 0 Å². The predicted octanol–water partition coefficient (Wildman–Crippen LogP) is 3.95. The number of nitrogens with one attached hydrogen (secondary N) is 1. The van der Waals surface area contributed by atoms with Crippen molar-refractivity contribution in [3.8, 4) is 5.75 Å². The van der Waals surface area contributed by atoms with Crippen LogP contribution >= 0.6 is 7.75 Å². The Bertz CT molecular complexity index is 1200. The van der Waals surface area contributed by atoms with Crippen molar-refractivity contribution in [1.29, 1.82) is 0 Å². The molecule has 0 bridgehead atoms. The van der Waals surface area contributed by atoms with Crippen LogP contribution in [-0.4, -0.2) is 40.4 Å². The van der Waals surface area contributed by atoms with E-state index in [1.807, 2.05) is 6.92 Å². The van der Waals surface area contributed by atoms with Crippen LogP contribution < -0.4 is 21.0 Å². The number of nitrogens with two attached hydrogens (primary N) is 1. The van der Waals surface area contributed by atoms with Crippen LogP contribution in [-0.2, 0) is 23.4 Å². The highest BCUT2D eigenvalue weighted by atomic mass is 31.2. The lowest BCUT2D eigenvalue weighted by atomic mass is 9.98. The van der Waals surface area contributed by atoms with Gasteiger partial charge in [0.15, 0.2) is 0 Å². The van der Waals surface area contributed by atoms with E-state index in [4.69, 9.17) is 24.3 Å². The third-order valence-corrected chi connectivity index (χ3v) is 8.23. The number of halogens is 1. The minimum atomic E-state index is -4.15. The first-order valence-corrected chi connectivity index (χ1v) is 14.3. The SMILES string of the molecule is CC(NP(=O)(OCC1CC(C)C(n2ccc(N)nc2=O)O1)Oc1ccc(F)cc1)C(=O)OC1CCCCC1. The Hall–Kier alpha value is -2.79. The highest BCUT2D eigenvalue weighted by molar-refractivity contribution is 7.52. The number of carbonyl (C=O) groups is 1. The molecule has 0 amide bonds. The molecule has 38 heavy (non-hydrogen) atoms. The quantitative estimate of drug-likeness (QED) is 0.328. The minimum Gasteiger partial charge on any atom is -0.461 e. The Labute approximate surface area is 220 Å². The number of esters is 1. The number of hydrogen-bond acceptors (Lipinski definition) is 9. The molecule has 2 fully saturated rings. The predicted molar refractivity (Wildman–Crippen MR) is 137 cm³/mol. The number of ether oxygens (including phenoxy) is 2. The topological polar surface area (TPSA) is 144 Å². The Balaban J connectivity index is 1.43. The summed E-state index contributed by atoms with van der Waals surface area (Å²) in [6.45, 7) is 3.26. The molecule has 5 unspecified atom stereocenters. The van der Waals surface area contributed by atoms with E-state index in [0.29, 0.717) is 6.42 Å². The van der Waals surface area contributed by atoms with Crippen molar-refractivity contribution in [3.63, 3.8) is 0 Å². The summed E-state index contributed by atoms with van der Waals surface area (Å²) < 4.78 is 51.4. The lowest BCUT2D eigenvalue weighted by Crippen LogP contribution is -2.38. The van der Waals surface area contributed by atoms with Crippen molar-refractivity contribution in [1.82, 2.24) is 14.6 Å². The molecule has 1 aromatic heterocycles. The maximum absolute atomic E-state index is 13.8. The Morgan fingerprint density at radius 2 is 1.97 bits per heavy atom. The van der Waals surface area contributed by atoms with Gasteiger partial charge in [0, 0.05) is 12.1 Å². The summed E-state index contributed by atoms with van der Waals surface area (Å²) in [6.07, 6.45) is 5.39. The van der Waals surface area contributed by atoms with E-state index >= 15 is 0 Å². The molecule has 11 nitrogen and oxygen atoms in total. The largest absolute Gasteiger partial charge is 0.461 e. The van der Waals surface area contributed by atoms with Gasteiger partial charge < -0.3 is 19.7 Å². The second-order valence-corrected chi connectivity index (χ2v) is 11.5. The molecule has 0 spiro atoms. The summed E-state index contributed by atoms with van der Waals surface area (Å²) in [6, 6.07) is 5.43. The van der Waals surface area contributed by atoms with Gasteiger partial charge in [0.1, 0.15) is 35.8 Å². The molecule has 1 aliphatic heterocycles. The number of aromatic nitrogens is 2. The molecule has 13 heteroatoms. The molecule has 2 heterocycles. The van der Waals surface area contributed by atoms with Crippen LogP contribution in [0.25, 0.3) is 0 Å². The summed E-state index contributed by atoms with van der Waals surface area (Å²) in [5, 5.41) is 2.65. The van der Waals surface area contributed by atoms with Crippen LogP contribution in [0.5, 0.6) is 5.75 Å². The molecular weight excluding hydrogens is 518 g/mol. The summed E-state index contributed by atoms with van der Waals surface area (Å²) in [7, 11) is -4.15. The smallest absolute Gasteiger partial charge is 0.459 e. The maximum atomic E-state index is 13.8. The molecule has 4 rings (SSSR count). The zero-order valence-corrected chi connectivity index (χ0v) is 22.3. The lowest BCUT2D eigenvalue weighted by Gasteiger charge is -2.26. The monoisotopic (exact) mass is 552 g/mol. The van der Waals surface area contributed by atoms with Gasteiger partial charge in [-0.05, 0) is 69.4 Å². The van der Waals surface area contributed by atoms with Gasteiger partial charge in [0.2, 0.25) is 0 Å². The van der Waals surface area contributed by atoms with Gasteiger partial charge in [-0.15, -0.1) is 0 Å².